The van der Waals surface area contributed by atoms with Crippen LogP contribution in [0.3, 0.4) is 0 Å². The highest BCUT2D eigenvalue weighted by molar-refractivity contribution is 5.62. The topological polar surface area (TPSA) is 15.3 Å². The third-order valence-corrected chi connectivity index (χ3v) is 4.67. The number of piperidine rings is 1. The van der Waals surface area contributed by atoms with Gasteiger partial charge in [0.25, 0.3) is 0 Å². The van der Waals surface area contributed by atoms with E-state index in [-0.39, 0.29) is 0 Å². The van der Waals surface area contributed by atoms with Crippen molar-refractivity contribution in [2.75, 3.05) is 18.4 Å². The van der Waals surface area contributed by atoms with Gasteiger partial charge in [-0.1, -0.05) is 24.1 Å². The summed E-state index contributed by atoms with van der Waals surface area (Å²) in [5.74, 6) is 0. The number of likely N-dealkylation sites (tertiary alicyclic amines) is 1. The third-order valence-electron chi connectivity index (χ3n) is 4.67. The summed E-state index contributed by atoms with van der Waals surface area (Å²) in [5, 5.41) is 3.70. The van der Waals surface area contributed by atoms with Gasteiger partial charge in [0, 0.05) is 17.8 Å². The summed E-state index contributed by atoms with van der Waals surface area (Å²) in [6.45, 7) is 9.34. The highest BCUT2D eigenvalue weighted by atomic mass is 15.2. The van der Waals surface area contributed by atoms with Gasteiger partial charge in [0.15, 0.2) is 0 Å². The van der Waals surface area contributed by atoms with E-state index in [0.29, 0.717) is 12.1 Å². The average Bonchev–Trinajstić information content (AvgIpc) is 2.40. The Balaban J connectivity index is 1.98. The lowest BCUT2D eigenvalue weighted by Crippen LogP contribution is -2.39. The van der Waals surface area contributed by atoms with E-state index >= 15 is 0 Å². The van der Waals surface area contributed by atoms with Gasteiger partial charge < -0.3 is 5.32 Å². The third kappa shape index (κ3) is 2.51. The standard InChI is InChI=1S/C17H26N2/c1-12-9-13(2)17-15(10-12)16(11-14(3)18-17)19-7-5-4-6-8-19/h9-10,14,16,18H,4-8,11H2,1-3H3. The molecule has 2 unspecified atom stereocenters. The minimum atomic E-state index is 0.584. The molecular formula is C17H26N2. The number of hydrogen-bond donors (Lipinski definition) is 1. The molecule has 1 aromatic carbocycles. The highest BCUT2D eigenvalue weighted by Gasteiger charge is 2.30. The Bertz CT molecular complexity index is 461. The molecule has 0 aromatic heterocycles. The van der Waals surface area contributed by atoms with Gasteiger partial charge in [0.2, 0.25) is 0 Å². The zero-order valence-corrected chi connectivity index (χ0v) is 12.5. The molecule has 1 saturated heterocycles. The van der Waals surface area contributed by atoms with E-state index < -0.39 is 0 Å². The molecule has 2 aliphatic rings. The monoisotopic (exact) mass is 258 g/mol. The van der Waals surface area contributed by atoms with Crippen molar-refractivity contribution in [1.29, 1.82) is 0 Å². The molecule has 2 nitrogen and oxygen atoms in total. The van der Waals surface area contributed by atoms with Crippen LogP contribution in [-0.2, 0) is 0 Å². The lowest BCUT2D eigenvalue weighted by Gasteiger charge is -2.41. The number of aryl methyl sites for hydroxylation is 2. The molecule has 2 heteroatoms. The van der Waals surface area contributed by atoms with Crippen molar-refractivity contribution in [3.8, 4) is 0 Å². The zero-order valence-electron chi connectivity index (χ0n) is 12.5. The lowest BCUT2D eigenvalue weighted by molar-refractivity contribution is 0.149. The van der Waals surface area contributed by atoms with Crippen molar-refractivity contribution >= 4 is 5.69 Å². The number of anilines is 1. The van der Waals surface area contributed by atoms with E-state index in [4.69, 9.17) is 0 Å². The Hall–Kier alpha value is -1.02. The van der Waals surface area contributed by atoms with E-state index in [1.165, 1.54) is 61.2 Å². The van der Waals surface area contributed by atoms with E-state index in [1.54, 1.807) is 0 Å². The van der Waals surface area contributed by atoms with Crippen LogP contribution in [0.2, 0.25) is 0 Å². The maximum absolute atomic E-state index is 3.70. The number of benzene rings is 1. The van der Waals surface area contributed by atoms with Gasteiger partial charge in [-0.15, -0.1) is 0 Å². The van der Waals surface area contributed by atoms with Crippen LogP contribution in [0.25, 0.3) is 0 Å². The van der Waals surface area contributed by atoms with Crippen LogP contribution in [-0.4, -0.2) is 24.0 Å². The first-order valence-electron chi connectivity index (χ1n) is 7.77. The molecule has 19 heavy (non-hydrogen) atoms. The molecule has 0 spiro atoms. The van der Waals surface area contributed by atoms with Gasteiger partial charge in [-0.25, -0.2) is 0 Å². The van der Waals surface area contributed by atoms with E-state index in [0.717, 1.165) is 0 Å². The fourth-order valence-corrected chi connectivity index (χ4v) is 3.80. The van der Waals surface area contributed by atoms with Crippen LogP contribution in [0.1, 0.15) is 55.3 Å². The Kier molecular flexibility index (Phi) is 3.53. The first kappa shape index (κ1) is 13.0. The van der Waals surface area contributed by atoms with Crippen molar-refractivity contribution in [3.63, 3.8) is 0 Å². The molecule has 104 valence electrons. The van der Waals surface area contributed by atoms with Crippen molar-refractivity contribution in [2.45, 2.75) is 58.5 Å². The van der Waals surface area contributed by atoms with E-state index in [1.807, 2.05) is 0 Å². The average molecular weight is 258 g/mol. The van der Waals surface area contributed by atoms with Crippen molar-refractivity contribution in [3.05, 3.63) is 28.8 Å². The molecule has 1 fully saturated rings. The summed E-state index contributed by atoms with van der Waals surface area (Å²) in [6.07, 6.45) is 5.41. The van der Waals surface area contributed by atoms with Crippen molar-refractivity contribution in [1.82, 2.24) is 4.90 Å². The molecule has 3 rings (SSSR count). The number of rotatable bonds is 1. The van der Waals surface area contributed by atoms with E-state index in [2.05, 4.69) is 43.1 Å². The maximum Gasteiger partial charge on any atom is 0.0420 e. The smallest absolute Gasteiger partial charge is 0.0420 e. The number of fused-ring (bicyclic) bond motifs is 1. The molecule has 0 saturated carbocycles. The first-order chi connectivity index (χ1) is 9.15. The van der Waals surface area contributed by atoms with Gasteiger partial charge in [-0.2, -0.15) is 0 Å². The summed E-state index contributed by atoms with van der Waals surface area (Å²) < 4.78 is 0. The summed E-state index contributed by atoms with van der Waals surface area (Å²) in [4.78, 5) is 2.72. The highest BCUT2D eigenvalue weighted by Crippen LogP contribution is 2.40. The molecule has 0 radical (unpaired) electrons. The molecule has 2 aliphatic heterocycles. The van der Waals surface area contributed by atoms with Crippen molar-refractivity contribution in [2.24, 2.45) is 0 Å². The second-order valence-corrected chi connectivity index (χ2v) is 6.44. The summed E-state index contributed by atoms with van der Waals surface area (Å²) in [7, 11) is 0. The second kappa shape index (κ2) is 5.16. The Morgan fingerprint density at radius 3 is 2.58 bits per heavy atom. The fraction of sp³-hybridized carbons (Fsp3) is 0.647. The lowest BCUT2D eigenvalue weighted by atomic mass is 9.88. The molecule has 1 aromatic rings. The summed E-state index contributed by atoms with van der Waals surface area (Å²) >= 11 is 0. The van der Waals surface area contributed by atoms with Gasteiger partial charge in [0.05, 0.1) is 0 Å². The summed E-state index contributed by atoms with van der Waals surface area (Å²) in [6, 6.07) is 5.92. The number of hydrogen-bond acceptors (Lipinski definition) is 2. The van der Waals surface area contributed by atoms with Gasteiger partial charge in [-0.3, -0.25) is 4.90 Å². The molecule has 0 bridgehead atoms. The molecule has 2 heterocycles. The first-order valence-corrected chi connectivity index (χ1v) is 7.77. The van der Waals surface area contributed by atoms with Gasteiger partial charge >= 0.3 is 0 Å². The summed E-state index contributed by atoms with van der Waals surface area (Å²) in [5.41, 5.74) is 5.75. The van der Waals surface area contributed by atoms with Crippen LogP contribution in [0.4, 0.5) is 5.69 Å². The number of nitrogens with zero attached hydrogens (tertiary/aromatic N) is 1. The molecule has 1 N–H and O–H groups in total. The largest absolute Gasteiger partial charge is 0.382 e. The molecule has 0 aliphatic carbocycles. The van der Waals surface area contributed by atoms with Crippen LogP contribution in [0.15, 0.2) is 12.1 Å². The Morgan fingerprint density at radius 1 is 1.11 bits per heavy atom. The zero-order chi connectivity index (χ0) is 13.4. The minimum Gasteiger partial charge on any atom is -0.382 e. The Morgan fingerprint density at radius 2 is 1.84 bits per heavy atom. The predicted octanol–water partition coefficient (Wildman–Crippen LogP) is 4.03. The van der Waals surface area contributed by atoms with Gasteiger partial charge in [0.1, 0.15) is 0 Å². The predicted molar refractivity (Wildman–Crippen MR) is 81.8 cm³/mol. The van der Waals surface area contributed by atoms with Gasteiger partial charge in [-0.05, 0) is 64.3 Å². The second-order valence-electron chi connectivity index (χ2n) is 6.44. The quantitative estimate of drug-likeness (QED) is 0.818. The van der Waals surface area contributed by atoms with Crippen LogP contribution >= 0.6 is 0 Å². The Labute approximate surface area is 117 Å². The SMILES string of the molecule is Cc1cc(C)c2c(c1)C(N1CCCCC1)CC(C)N2. The number of nitrogens with one attached hydrogen (secondary N) is 1. The normalized spacial score (nSPS) is 27.7. The molecule has 0 amide bonds. The maximum atomic E-state index is 3.70. The molecule has 2 atom stereocenters. The minimum absolute atomic E-state index is 0.584. The fourth-order valence-electron chi connectivity index (χ4n) is 3.80. The van der Waals surface area contributed by atoms with E-state index in [9.17, 15) is 0 Å². The molecular weight excluding hydrogens is 232 g/mol. The van der Waals surface area contributed by atoms with Crippen molar-refractivity contribution < 1.29 is 0 Å². The van der Waals surface area contributed by atoms with Crippen LogP contribution in [0, 0.1) is 13.8 Å². The van der Waals surface area contributed by atoms with Crippen LogP contribution < -0.4 is 5.32 Å². The van der Waals surface area contributed by atoms with Crippen LogP contribution in [0.5, 0.6) is 0 Å².